The number of aliphatic hydroxyl groups excluding tert-OH is 1. The number of likely N-dealkylation sites (tertiary alicyclic amines) is 1. The summed E-state index contributed by atoms with van der Waals surface area (Å²) in [6.45, 7) is 6.72. The second kappa shape index (κ2) is 10.7. The topological polar surface area (TPSA) is 91.5 Å². The van der Waals surface area contributed by atoms with Gasteiger partial charge < -0.3 is 16.2 Å². The van der Waals surface area contributed by atoms with Crippen molar-refractivity contribution in [2.75, 3.05) is 25.4 Å². The summed E-state index contributed by atoms with van der Waals surface area (Å²) in [7, 11) is 0. The molecule has 0 unspecified atom stereocenters. The number of carbonyl (C=O) groups excluding carboxylic acids is 1. The van der Waals surface area contributed by atoms with Crippen LogP contribution >= 0.6 is 24.8 Å². The number of nitrogens with two attached hydrogens (primary N) is 1. The van der Waals surface area contributed by atoms with E-state index >= 15 is 0 Å². The van der Waals surface area contributed by atoms with E-state index in [1.165, 1.54) is 0 Å². The number of carbonyl (C=O) groups is 1. The zero-order chi connectivity index (χ0) is 16.1. The number of nitrogen functional groups attached to an aromatic ring is 1. The maximum Gasteiger partial charge on any atom is 0.222 e. The first-order chi connectivity index (χ1) is 10.5. The van der Waals surface area contributed by atoms with Gasteiger partial charge in [-0.15, -0.1) is 24.8 Å². The third kappa shape index (κ3) is 6.09. The van der Waals surface area contributed by atoms with Gasteiger partial charge in [0.1, 0.15) is 5.82 Å². The molecule has 6 nitrogen and oxygen atoms in total. The average molecular weight is 379 g/mol. The third-order valence-corrected chi connectivity index (χ3v) is 4.30. The van der Waals surface area contributed by atoms with Gasteiger partial charge in [-0.1, -0.05) is 19.9 Å². The Morgan fingerprint density at radius 1 is 1.46 bits per heavy atom. The van der Waals surface area contributed by atoms with Gasteiger partial charge in [0.05, 0.1) is 6.61 Å². The van der Waals surface area contributed by atoms with Crippen molar-refractivity contribution in [2.45, 2.75) is 32.9 Å². The van der Waals surface area contributed by atoms with Gasteiger partial charge in [0.25, 0.3) is 0 Å². The van der Waals surface area contributed by atoms with Gasteiger partial charge in [0.2, 0.25) is 5.91 Å². The third-order valence-electron chi connectivity index (χ3n) is 4.30. The fraction of sp³-hybridized carbons (Fsp3) is 0.625. The first-order valence-electron chi connectivity index (χ1n) is 7.83. The maximum atomic E-state index is 11.8. The molecule has 1 fully saturated rings. The predicted molar refractivity (Wildman–Crippen MR) is 100 cm³/mol. The first kappa shape index (κ1) is 22.9. The molecule has 24 heavy (non-hydrogen) atoms. The number of amides is 1. The van der Waals surface area contributed by atoms with Crippen LogP contribution in [0.15, 0.2) is 18.3 Å². The van der Waals surface area contributed by atoms with Crippen LogP contribution in [0.2, 0.25) is 0 Å². The van der Waals surface area contributed by atoms with E-state index in [-0.39, 0.29) is 49.8 Å². The molecule has 0 aliphatic carbocycles. The molecule has 0 radical (unpaired) electrons. The Hall–Kier alpha value is -1.08. The minimum absolute atomic E-state index is 0. The lowest BCUT2D eigenvalue weighted by Crippen LogP contribution is -2.42. The van der Waals surface area contributed by atoms with Crippen molar-refractivity contribution in [1.82, 2.24) is 15.2 Å². The minimum Gasteiger partial charge on any atom is -0.396 e. The molecule has 0 bridgehead atoms. The normalized spacial score (nSPS) is 20.3. The van der Waals surface area contributed by atoms with Crippen molar-refractivity contribution in [1.29, 1.82) is 0 Å². The quantitative estimate of drug-likeness (QED) is 0.696. The lowest BCUT2D eigenvalue weighted by Gasteiger charge is -2.22. The van der Waals surface area contributed by atoms with Gasteiger partial charge in [-0.2, -0.15) is 0 Å². The van der Waals surface area contributed by atoms with Gasteiger partial charge in [-0.25, -0.2) is 4.98 Å². The number of aliphatic hydroxyl groups is 1. The fourth-order valence-corrected chi connectivity index (χ4v) is 3.08. The maximum absolute atomic E-state index is 11.8. The Morgan fingerprint density at radius 2 is 2.17 bits per heavy atom. The summed E-state index contributed by atoms with van der Waals surface area (Å²) in [6, 6.07) is 4.00. The molecule has 8 heteroatoms. The van der Waals surface area contributed by atoms with Crippen LogP contribution in [0.3, 0.4) is 0 Å². The second-order valence-corrected chi connectivity index (χ2v) is 6.30. The van der Waals surface area contributed by atoms with Crippen LogP contribution in [0.1, 0.15) is 25.8 Å². The van der Waals surface area contributed by atoms with Gasteiger partial charge >= 0.3 is 0 Å². The van der Waals surface area contributed by atoms with Crippen LogP contribution in [0.5, 0.6) is 0 Å². The van der Waals surface area contributed by atoms with E-state index in [0.29, 0.717) is 17.7 Å². The summed E-state index contributed by atoms with van der Waals surface area (Å²) < 4.78 is 0. The molecule has 0 saturated carbocycles. The number of anilines is 1. The Labute approximate surface area is 156 Å². The van der Waals surface area contributed by atoms with E-state index in [0.717, 1.165) is 25.2 Å². The monoisotopic (exact) mass is 378 g/mol. The summed E-state index contributed by atoms with van der Waals surface area (Å²) >= 11 is 0. The van der Waals surface area contributed by atoms with Crippen molar-refractivity contribution in [2.24, 2.45) is 11.8 Å². The molecule has 4 N–H and O–H groups in total. The molecule has 1 aromatic rings. The molecule has 1 amide bonds. The van der Waals surface area contributed by atoms with Crippen LogP contribution in [0.4, 0.5) is 5.82 Å². The van der Waals surface area contributed by atoms with Crippen molar-refractivity contribution in [3.8, 4) is 0 Å². The molecular weight excluding hydrogens is 351 g/mol. The standard InChI is InChI=1S/C16H26N4O2.2ClH/c1-11(2)13-9-20(8-12-4-3-6-18-16(12)17)10-14(13)19-15(22)5-7-21;;/h3-4,6,11,13-14,21H,5,7-10H2,1-2H3,(H2,17,18)(H,19,22);2*1H/t13-,14+;;/m1../s1. The van der Waals surface area contributed by atoms with Crippen LogP contribution in [-0.4, -0.2) is 46.6 Å². The number of nitrogens with one attached hydrogen (secondary N) is 1. The first-order valence-corrected chi connectivity index (χ1v) is 7.83. The van der Waals surface area contributed by atoms with E-state index < -0.39 is 0 Å². The molecular formula is C16H28Cl2N4O2. The van der Waals surface area contributed by atoms with Crippen LogP contribution in [0, 0.1) is 11.8 Å². The highest BCUT2D eigenvalue weighted by Gasteiger charge is 2.35. The van der Waals surface area contributed by atoms with E-state index in [1.807, 2.05) is 12.1 Å². The van der Waals surface area contributed by atoms with E-state index in [9.17, 15) is 4.79 Å². The Morgan fingerprint density at radius 3 is 2.75 bits per heavy atom. The number of rotatable bonds is 6. The highest BCUT2D eigenvalue weighted by molar-refractivity contribution is 5.85. The highest BCUT2D eigenvalue weighted by Crippen LogP contribution is 2.26. The molecule has 138 valence electrons. The minimum atomic E-state index is -0.110. The smallest absolute Gasteiger partial charge is 0.222 e. The molecule has 2 heterocycles. The molecule has 1 aliphatic rings. The van der Waals surface area contributed by atoms with E-state index in [4.69, 9.17) is 10.8 Å². The van der Waals surface area contributed by atoms with E-state index in [2.05, 4.69) is 29.0 Å². The molecule has 1 aromatic heterocycles. The molecule has 2 atom stereocenters. The number of pyridine rings is 1. The Bertz CT molecular complexity index is 517. The molecule has 0 aromatic carbocycles. The van der Waals surface area contributed by atoms with Crippen molar-refractivity contribution in [3.63, 3.8) is 0 Å². The van der Waals surface area contributed by atoms with Crippen molar-refractivity contribution in [3.05, 3.63) is 23.9 Å². The van der Waals surface area contributed by atoms with Crippen LogP contribution in [0.25, 0.3) is 0 Å². The zero-order valence-corrected chi connectivity index (χ0v) is 15.8. The number of halogens is 2. The number of aromatic nitrogens is 1. The summed E-state index contributed by atoms with van der Waals surface area (Å²) in [4.78, 5) is 18.2. The van der Waals surface area contributed by atoms with Gasteiger partial charge in [-0.3, -0.25) is 9.69 Å². The lowest BCUT2D eigenvalue weighted by atomic mass is 9.91. The van der Waals surface area contributed by atoms with E-state index in [1.54, 1.807) is 6.20 Å². The second-order valence-electron chi connectivity index (χ2n) is 6.30. The largest absolute Gasteiger partial charge is 0.396 e. The molecule has 0 spiro atoms. The summed E-state index contributed by atoms with van der Waals surface area (Å²) in [5.41, 5.74) is 6.93. The lowest BCUT2D eigenvalue weighted by molar-refractivity contribution is -0.122. The predicted octanol–water partition coefficient (Wildman–Crippen LogP) is 1.46. The average Bonchev–Trinajstić information content (AvgIpc) is 2.84. The molecule has 2 rings (SSSR count). The van der Waals surface area contributed by atoms with Crippen LogP contribution < -0.4 is 11.1 Å². The van der Waals surface area contributed by atoms with Crippen LogP contribution in [-0.2, 0) is 11.3 Å². The highest BCUT2D eigenvalue weighted by atomic mass is 35.5. The van der Waals surface area contributed by atoms with Crippen molar-refractivity contribution >= 4 is 36.5 Å². The Balaban J connectivity index is 0.00000264. The van der Waals surface area contributed by atoms with Gasteiger partial charge in [0, 0.05) is 43.9 Å². The molecule has 1 aliphatic heterocycles. The van der Waals surface area contributed by atoms with Gasteiger partial charge in [0.15, 0.2) is 0 Å². The summed E-state index contributed by atoms with van der Waals surface area (Å²) in [6.07, 6.45) is 1.86. The SMILES string of the molecule is CC(C)[C@H]1CN(Cc2cccnc2N)C[C@@H]1NC(=O)CCO.Cl.Cl. The number of nitrogens with zero attached hydrogens (tertiary/aromatic N) is 2. The number of hydrogen-bond donors (Lipinski definition) is 3. The summed E-state index contributed by atoms with van der Waals surface area (Å²) in [5.74, 6) is 1.37. The van der Waals surface area contributed by atoms with Gasteiger partial charge in [-0.05, 0) is 17.9 Å². The summed E-state index contributed by atoms with van der Waals surface area (Å²) in [5, 5.41) is 11.9. The fourth-order valence-electron chi connectivity index (χ4n) is 3.08. The molecule has 1 saturated heterocycles. The number of hydrogen-bond acceptors (Lipinski definition) is 5. The Kier molecular flexibility index (Phi) is 10.2. The van der Waals surface area contributed by atoms with Crippen molar-refractivity contribution < 1.29 is 9.90 Å². The zero-order valence-electron chi connectivity index (χ0n) is 14.1.